The Balaban J connectivity index is 1.42. The Morgan fingerprint density at radius 3 is 1.91 bits per heavy atom. The van der Waals surface area contributed by atoms with Crippen molar-refractivity contribution in [1.29, 1.82) is 0 Å². The third-order valence-electron chi connectivity index (χ3n) is 13.8. The van der Waals surface area contributed by atoms with Crippen molar-refractivity contribution >= 4 is 41.5 Å². The lowest BCUT2D eigenvalue weighted by molar-refractivity contribution is -0.346. The summed E-state index contributed by atoms with van der Waals surface area (Å²) in [5.41, 5.74) is -7.20. The van der Waals surface area contributed by atoms with Crippen LogP contribution in [0.25, 0.3) is 0 Å². The van der Waals surface area contributed by atoms with Crippen LogP contribution in [0.2, 0.25) is 0 Å². The molecule has 0 aromatic heterocycles. The molecule has 344 valence electrons. The summed E-state index contributed by atoms with van der Waals surface area (Å²) in [6, 6.07) is 22.9. The maximum Gasteiger partial charge on any atom is 0.350 e. The number of nitrogens with one attached hydrogen (secondary N) is 1. The summed E-state index contributed by atoms with van der Waals surface area (Å²) in [5, 5.41) is 28.7. The first-order valence-corrected chi connectivity index (χ1v) is 21.4. The molecule has 1 heterocycles. The number of benzene rings is 3. The first kappa shape index (κ1) is 46.8. The lowest BCUT2D eigenvalue weighted by Gasteiger charge is -2.67. The van der Waals surface area contributed by atoms with Gasteiger partial charge in [-0.3, -0.25) is 24.0 Å². The van der Waals surface area contributed by atoms with Gasteiger partial charge in [0.2, 0.25) is 6.10 Å². The van der Waals surface area contributed by atoms with E-state index in [0.717, 1.165) is 20.8 Å². The van der Waals surface area contributed by atoms with Gasteiger partial charge >= 0.3 is 29.8 Å². The van der Waals surface area contributed by atoms with Crippen LogP contribution in [0.15, 0.2) is 102 Å². The van der Waals surface area contributed by atoms with Crippen molar-refractivity contribution < 1.29 is 72.2 Å². The molecule has 2 saturated carbocycles. The summed E-state index contributed by atoms with van der Waals surface area (Å²) in [4.78, 5) is 97.4. The van der Waals surface area contributed by atoms with Crippen LogP contribution in [0.4, 0.5) is 0 Å². The molecule has 0 radical (unpaired) electrons. The average molecular weight is 896 g/mol. The SMILES string of the molecule is CC(=O)O[C@H]1C(=O)[C@@]2(C)C([C@H](OC(=O)c3ccccc3)[C@]3(O)C[C@H](OC(=O)[C@H](OC(C)=O)[C@@H](NC(=O)c4ccccc4)c4ccccc4)C(C)=C1C3(C)C)[C@]1(OC(C)=O)CO[C@@H]1C[C@@H]2O. The number of amides is 1. The van der Waals surface area contributed by atoms with E-state index in [4.69, 9.17) is 28.4 Å². The van der Waals surface area contributed by atoms with Gasteiger partial charge in [-0.1, -0.05) is 80.6 Å². The number of esters is 5. The third-order valence-corrected chi connectivity index (χ3v) is 13.8. The molecule has 7 rings (SSSR count). The van der Waals surface area contributed by atoms with E-state index in [0.29, 0.717) is 5.56 Å². The van der Waals surface area contributed by atoms with Gasteiger partial charge in [0.15, 0.2) is 17.5 Å². The van der Waals surface area contributed by atoms with Gasteiger partial charge in [-0.05, 0) is 54.8 Å². The Bertz CT molecular complexity index is 2400. The largest absolute Gasteiger partial charge is 0.455 e. The molecule has 3 aromatic rings. The number of fused-ring (bicyclic) bond motifs is 5. The second-order valence-corrected chi connectivity index (χ2v) is 17.9. The second kappa shape index (κ2) is 17.6. The molecule has 1 aliphatic heterocycles. The van der Waals surface area contributed by atoms with Crippen molar-refractivity contribution in [2.45, 2.75) is 115 Å². The average Bonchev–Trinajstić information content (AvgIpc) is 3.26. The molecule has 3 aliphatic carbocycles. The number of hydrogen-bond acceptors (Lipinski definition) is 15. The fourth-order valence-corrected chi connectivity index (χ4v) is 10.5. The highest BCUT2D eigenvalue weighted by Crippen LogP contribution is 2.64. The van der Waals surface area contributed by atoms with E-state index in [9.17, 15) is 39.0 Å². The predicted octanol–water partition coefficient (Wildman–Crippen LogP) is 4.31. The summed E-state index contributed by atoms with van der Waals surface area (Å²) >= 11 is 0. The number of ether oxygens (including phenoxy) is 6. The zero-order valence-electron chi connectivity index (χ0n) is 37.1. The van der Waals surface area contributed by atoms with Crippen LogP contribution >= 0.6 is 0 Å². The van der Waals surface area contributed by atoms with Crippen LogP contribution in [0, 0.1) is 16.7 Å². The van der Waals surface area contributed by atoms with Crippen molar-refractivity contribution in [3.63, 3.8) is 0 Å². The third kappa shape index (κ3) is 8.12. The summed E-state index contributed by atoms with van der Waals surface area (Å²) in [6.45, 7) is 8.99. The maximum absolute atomic E-state index is 15.6. The summed E-state index contributed by atoms with van der Waals surface area (Å²) in [7, 11) is 0. The lowest BCUT2D eigenvalue weighted by atomic mass is 9.44. The van der Waals surface area contributed by atoms with Gasteiger partial charge < -0.3 is 44.0 Å². The van der Waals surface area contributed by atoms with Crippen LogP contribution in [-0.4, -0.2) is 106 Å². The standard InChI is InChI=1S/C49H53NO15/c1-26-33(63-45(58)39(62-28(3)52)37(30-17-11-8-12-18-30)50-43(56)31-19-13-9-14-20-31)24-49(59)42(64-44(57)32-21-15-10-16-22-32)40-47(7,34(54)23-35-48(40,25-60-35)65-29(4)53)41(55)38(61-27(2)51)36(26)46(49,5)6/h8-22,33-35,37-40,42,54,59H,23-25H2,1-7H3,(H,50,56)/t33-,34-,35+,37-,38+,39+,40?,42-,47+,48-,49+/m0/s1. The van der Waals surface area contributed by atoms with Gasteiger partial charge in [0.1, 0.15) is 30.0 Å². The normalized spacial score (nSPS) is 30.8. The molecular formula is C49H53NO15. The van der Waals surface area contributed by atoms with Crippen molar-refractivity contribution in [2.75, 3.05) is 6.61 Å². The van der Waals surface area contributed by atoms with Crippen molar-refractivity contribution in [1.82, 2.24) is 5.32 Å². The minimum atomic E-state index is -2.43. The molecule has 16 heteroatoms. The van der Waals surface area contributed by atoms with Crippen LogP contribution in [0.3, 0.4) is 0 Å². The van der Waals surface area contributed by atoms with E-state index in [1.54, 1.807) is 92.7 Å². The summed E-state index contributed by atoms with van der Waals surface area (Å²) in [5.74, 6) is -7.79. The molecule has 3 N–H and O–H groups in total. The number of rotatable bonds is 11. The molecule has 3 aromatic carbocycles. The zero-order valence-corrected chi connectivity index (χ0v) is 37.1. The fraction of sp³-hybridized carbons (Fsp3) is 0.449. The Hall–Kier alpha value is -6.23. The van der Waals surface area contributed by atoms with E-state index in [-0.39, 0.29) is 35.3 Å². The first-order chi connectivity index (χ1) is 30.7. The number of aliphatic hydroxyl groups is 2. The Morgan fingerprint density at radius 1 is 0.785 bits per heavy atom. The first-order valence-electron chi connectivity index (χ1n) is 21.4. The Morgan fingerprint density at radius 2 is 1.37 bits per heavy atom. The van der Waals surface area contributed by atoms with Crippen LogP contribution in [0.1, 0.15) is 93.6 Å². The number of hydrogen-bond donors (Lipinski definition) is 3. The minimum Gasteiger partial charge on any atom is -0.455 e. The van der Waals surface area contributed by atoms with Gasteiger partial charge in [0, 0.05) is 44.6 Å². The molecule has 1 unspecified atom stereocenters. The lowest BCUT2D eigenvalue weighted by Crippen LogP contribution is -2.82. The second-order valence-electron chi connectivity index (χ2n) is 17.9. The molecule has 1 saturated heterocycles. The smallest absolute Gasteiger partial charge is 0.350 e. The van der Waals surface area contributed by atoms with Crippen molar-refractivity contribution in [2.24, 2.45) is 16.7 Å². The van der Waals surface area contributed by atoms with Gasteiger partial charge in [-0.2, -0.15) is 0 Å². The van der Waals surface area contributed by atoms with Crippen LogP contribution in [-0.2, 0) is 52.4 Å². The van der Waals surface area contributed by atoms with Gasteiger partial charge in [0.05, 0.1) is 29.6 Å². The van der Waals surface area contributed by atoms with Gasteiger partial charge in [-0.25, -0.2) is 9.59 Å². The number of Topliss-reactive ketones (excluding diaryl/α,β-unsaturated/α-hetero) is 1. The zero-order chi connectivity index (χ0) is 47.2. The Kier molecular flexibility index (Phi) is 12.7. The topological polar surface area (TPSA) is 227 Å². The van der Waals surface area contributed by atoms with Crippen molar-refractivity contribution in [3.8, 4) is 0 Å². The summed E-state index contributed by atoms with van der Waals surface area (Å²) in [6.07, 6.45) is -10.5. The fourth-order valence-electron chi connectivity index (χ4n) is 10.5. The molecule has 0 spiro atoms. The van der Waals surface area contributed by atoms with Crippen molar-refractivity contribution in [3.05, 3.63) is 119 Å². The van der Waals surface area contributed by atoms with E-state index >= 15 is 4.79 Å². The number of carbonyl (C=O) groups is 7. The number of ketones is 1. The summed E-state index contributed by atoms with van der Waals surface area (Å²) < 4.78 is 36.2. The van der Waals surface area contributed by atoms with E-state index < -0.39 is 119 Å². The van der Waals surface area contributed by atoms with E-state index in [1.165, 1.54) is 26.0 Å². The highest BCUT2D eigenvalue weighted by atomic mass is 16.6. The van der Waals surface area contributed by atoms with E-state index in [2.05, 4.69) is 5.32 Å². The molecule has 1 amide bonds. The molecule has 3 fully saturated rings. The highest BCUT2D eigenvalue weighted by molar-refractivity contribution is 5.96. The molecule has 11 atom stereocenters. The molecule has 4 aliphatic rings. The molecule has 2 bridgehead atoms. The molecular weight excluding hydrogens is 843 g/mol. The van der Waals surface area contributed by atoms with E-state index in [1.807, 2.05) is 0 Å². The predicted molar refractivity (Wildman–Crippen MR) is 227 cm³/mol. The number of carbonyl (C=O) groups excluding carboxylic acids is 7. The number of aliphatic hydroxyl groups excluding tert-OH is 1. The minimum absolute atomic E-state index is 0.0218. The van der Waals surface area contributed by atoms with Crippen LogP contribution < -0.4 is 5.32 Å². The maximum atomic E-state index is 15.6. The quantitative estimate of drug-likeness (QED) is 0.139. The monoisotopic (exact) mass is 895 g/mol. The van der Waals surface area contributed by atoms with Crippen LogP contribution in [0.5, 0.6) is 0 Å². The van der Waals surface area contributed by atoms with Gasteiger partial charge in [0.25, 0.3) is 5.91 Å². The highest BCUT2D eigenvalue weighted by Gasteiger charge is 2.78. The molecule has 65 heavy (non-hydrogen) atoms. The Labute approximate surface area is 375 Å². The van der Waals surface area contributed by atoms with Gasteiger partial charge in [-0.15, -0.1) is 0 Å². The molecule has 16 nitrogen and oxygen atoms in total.